The lowest BCUT2D eigenvalue weighted by atomic mass is 10.1. The van der Waals surface area contributed by atoms with Gasteiger partial charge in [0, 0.05) is 4.90 Å². The molecule has 0 bridgehead atoms. The highest BCUT2D eigenvalue weighted by atomic mass is 32.2. The van der Waals surface area contributed by atoms with Gasteiger partial charge in [-0.05, 0) is 29.5 Å². The van der Waals surface area contributed by atoms with Crippen molar-refractivity contribution in [3.8, 4) is 0 Å². The Labute approximate surface area is 79.2 Å². The van der Waals surface area contributed by atoms with Crippen LogP contribution in [0.25, 0.3) is 5.57 Å². The smallest absolute Gasteiger partial charge is 0.352 e. The van der Waals surface area contributed by atoms with Gasteiger partial charge in [-0.2, -0.15) is 0 Å². The molecule has 0 saturated carbocycles. The maximum Gasteiger partial charge on any atom is 0.352 e. The second-order valence-corrected chi connectivity index (χ2v) is 4.84. The molecule has 1 aliphatic rings. The largest absolute Gasteiger partial charge is 0.474 e. The maximum atomic E-state index is 10.9. The Morgan fingerprint density at radius 3 is 2.77 bits per heavy atom. The normalized spacial score (nSPS) is 22.2. The van der Waals surface area contributed by atoms with Crippen molar-refractivity contribution in [1.29, 1.82) is 0 Å². The summed E-state index contributed by atoms with van der Waals surface area (Å²) in [6.45, 7) is 1.96. The van der Waals surface area contributed by atoms with Gasteiger partial charge in [0.25, 0.3) is 0 Å². The van der Waals surface area contributed by atoms with Crippen LogP contribution >= 0.6 is 10.9 Å². The number of carboxylic acid groups (broad SMARTS) is 1. The Morgan fingerprint density at radius 1 is 1.38 bits per heavy atom. The lowest BCUT2D eigenvalue weighted by molar-refractivity contribution is 0.222. The summed E-state index contributed by atoms with van der Waals surface area (Å²) in [5, 5.41) is 10.1. The lowest BCUT2D eigenvalue weighted by Crippen LogP contribution is -1.90. The third-order valence-electron chi connectivity index (χ3n) is 2.12. The third-order valence-corrected chi connectivity index (χ3v) is 4.08. The molecule has 0 aromatic heterocycles. The second kappa shape index (κ2) is 2.92. The van der Waals surface area contributed by atoms with Crippen molar-refractivity contribution in [2.45, 2.75) is 11.8 Å². The van der Waals surface area contributed by atoms with Crippen LogP contribution in [0.4, 0.5) is 4.79 Å². The summed E-state index contributed by atoms with van der Waals surface area (Å²) < 4.78 is 0. The zero-order chi connectivity index (χ0) is 9.42. The summed E-state index contributed by atoms with van der Waals surface area (Å²) in [6, 6.07) is 7.72. The maximum absolute atomic E-state index is 10.9. The quantitative estimate of drug-likeness (QED) is 0.623. The monoisotopic (exact) mass is 194 g/mol. The molecule has 1 heterocycles. The Balaban J connectivity index is 2.56. The summed E-state index contributed by atoms with van der Waals surface area (Å²) in [7, 11) is -1.10. The van der Waals surface area contributed by atoms with Crippen LogP contribution in [-0.4, -0.2) is 10.4 Å². The minimum absolute atomic E-state index is 0.709. The van der Waals surface area contributed by atoms with Crippen molar-refractivity contribution < 1.29 is 9.90 Å². The number of allylic oxidation sites excluding steroid dienone is 1. The Bertz CT molecular complexity index is 396. The van der Waals surface area contributed by atoms with Gasteiger partial charge >= 0.3 is 5.30 Å². The average Bonchev–Trinajstić information content (AvgIpc) is 2.45. The average molecular weight is 194 g/mol. The highest BCUT2D eigenvalue weighted by Crippen LogP contribution is 2.49. The first-order valence-electron chi connectivity index (χ1n) is 4.00. The van der Waals surface area contributed by atoms with Gasteiger partial charge in [-0.15, -0.1) is 10.9 Å². The summed E-state index contributed by atoms with van der Waals surface area (Å²) >= 11 is 0. The van der Waals surface area contributed by atoms with Crippen molar-refractivity contribution >= 4 is 21.8 Å². The molecule has 1 aromatic rings. The van der Waals surface area contributed by atoms with Gasteiger partial charge in [-0.1, -0.05) is 18.2 Å². The van der Waals surface area contributed by atoms with Gasteiger partial charge in [0.05, 0.1) is 0 Å². The van der Waals surface area contributed by atoms with Crippen molar-refractivity contribution in [1.82, 2.24) is 0 Å². The Morgan fingerprint density at radius 2 is 2.08 bits per heavy atom. The SMILES string of the molecule is CC1=C[SH](C(=O)O)c2ccccc21. The number of hydrogen-bond donors (Lipinski definition) is 2. The molecule has 0 spiro atoms. The van der Waals surface area contributed by atoms with E-state index in [0.717, 1.165) is 16.0 Å². The molecule has 1 atom stereocenters. The number of hydrogen-bond acceptors (Lipinski definition) is 1. The van der Waals surface area contributed by atoms with Crippen LogP contribution in [0.1, 0.15) is 12.5 Å². The van der Waals surface area contributed by atoms with Gasteiger partial charge in [0.1, 0.15) is 0 Å². The van der Waals surface area contributed by atoms with E-state index in [2.05, 4.69) is 0 Å². The van der Waals surface area contributed by atoms with Crippen LogP contribution < -0.4 is 0 Å². The minimum Gasteiger partial charge on any atom is -0.474 e. The topological polar surface area (TPSA) is 37.3 Å². The van der Waals surface area contributed by atoms with E-state index in [9.17, 15) is 4.79 Å². The van der Waals surface area contributed by atoms with E-state index >= 15 is 0 Å². The highest BCUT2D eigenvalue weighted by Gasteiger charge is 2.22. The molecular weight excluding hydrogens is 184 g/mol. The molecule has 0 saturated heterocycles. The van der Waals surface area contributed by atoms with Crippen LogP contribution in [0, 0.1) is 0 Å². The molecule has 1 unspecified atom stereocenters. The van der Waals surface area contributed by atoms with E-state index in [0.29, 0.717) is 0 Å². The molecule has 2 nitrogen and oxygen atoms in total. The van der Waals surface area contributed by atoms with E-state index in [1.807, 2.05) is 36.6 Å². The molecule has 0 amide bonds. The molecular formula is C10H10O2S. The molecule has 3 heteroatoms. The first-order chi connectivity index (χ1) is 6.20. The first-order valence-corrected chi connectivity index (χ1v) is 5.41. The Kier molecular flexibility index (Phi) is 1.88. The van der Waals surface area contributed by atoms with Crippen molar-refractivity contribution in [2.75, 3.05) is 0 Å². The van der Waals surface area contributed by atoms with Crippen molar-refractivity contribution in [3.63, 3.8) is 0 Å². The summed E-state index contributed by atoms with van der Waals surface area (Å²) in [5.41, 5.74) is 2.18. The van der Waals surface area contributed by atoms with Gasteiger partial charge in [-0.25, -0.2) is 4.79 Å². The summed E-state index contributed by atoms with van der Waals surface area (Å²) in [5.74, 6) is 0. The van der Waals surface area contributed by atoms with Gasteiger partial charge in [0.15, 0.2) is 0 Å². The van der Waals surface area contributed by atoms with Gasteiger partial charge in [0.2, 0.25) is 0 Å². The standard InChI is InChI=1S/C10H10O2S/c1-7-6-13(10(11)12)9-5-3-2-4-8(7)9/h2-6,13H,1H3,(H,11,12). The highest BCUT2D eigenvalue weighted by molar-refractivity contribution is 8.32. The molecule has 1 aromatic carbocycles. The zero-order valence-corrected chi connectivity index (χ0v) is 8.08. The third kappa shape index (κ3) is 1.25. The number of fused-ring (bicyclic) bond motifs is 1. The summed E-state index contributed by atoms with van der Waals surface area (Å²) in [4.78, 5) is 11.9. The van der Waals surface area contributed by atoms with Crippen molar-refractivity contribution in [3.05, 3.63) is 35.2 Å². The minimum atomic E-state index is -1.10. The van der Waals surface area contributed by atoms with E-state index in [1.54, 1.807) is 0 Å². The predicted octanol–water partition coefficient (Wildman–Crippen LogP) is 3.10. The van der Waals surface area contributed by atoms with E-state index < -0.39 is 16.2 Å². The first kappa shape index (κ1) is 8.38. The van der Waals surface area contributed by atoms with Crippen LogP contribution in [0.15, 0.2) is 34.6 Å². The molecule has 68 valence electrons. The van der Waals surface area contributed by atoms with Gasteiger partial charge < -0.3 is 5.11 Å². The molecule has 0 fully saturated rings. The summed E-state index contributed by atoms with van der Waals surface area (Å²) in [6.07, 6.45) is 0. The molecule has 0 radical (unpaired) electrons. The molecule has 13 heavy (non-hydrogen) atoms. The van der Waals surface area contributed by atoms with Crippen molar-refractivity contribution in [2.24, 2.45) is 0 Å². The van der Waals surface area contributed by atoms with Crippen LogP contribution in [0.5, 0.6) is 0 Å². The fourth-order valence-corrected chi connectivity index (χ4v) is 3.25. The molecule has 1 N–H and O–H groups in total. The fourth-order valence-electron chi connectivity index (χ4n) is 1.51. The predicted molar refractivity (Wildman–Crippen MR) is 55.4 cm³/mol. The second-order valence-electron chi connectivity index (χ2n) is 2.98. The number of thiol groups is 1. The number of rotatable bonds is 0. The van der Waals surface area contributed by atoms with E-state index in [4.69, 9.17) is 5.11 Å². The molecule has 2 rings (SSSR count). The van der Waals surface area contributed by atoms with Crippen LogP contribution in [0.3, 0.4) is 0 Å². The van der Waals surface area contributed by atoms with E-state index in [1.165, 1.54) is 0 Å². The van der Waals surface area contributed by atoms with Gasteiger partial charge in [-0.3, -0.25) is 0 Å². The van der Waals surface area contributed by atoms with Crippen LogP contribution in [0.2, 0.25) is 0 Å². The van der Waals surface area contributed by atoms with E-state index in [-0.39, 0.29) is 0 Å². The lowest BCUT2D eigenvalue weighted by Gasteiger charge is -2.08. The molecule has 0 aliphatic carbocycles. The number of benzene rings is 1. The fraction of sp³-hybridized carbons (Fsp3) is 0.100. The zero-order valence-electron chi connectivity index (χ0n) is 7.19. The van der Waals surface area contributed by atoms with Crippen LogP contribution in [-0.2, 0) is 0 Å². The molecule has 1 aliphatic heterocycles. The number of carbonyl (C=O) groups is 1. The Hall–Kier alpha value is -1.22.